The van der Waals surface area contributed by atoms with Crippen LogP contribution in [-0.4, -0.2) is 29.3 Å². The van der Waals surface area contributed by atoms with Crippen molar-refractivity contribution in [2.45, 2.75) is 13.0 Å². The van der Waals surface area contributed by atoms with Crippen LogP contribution in [0.4, 0.5) is 4.79 Å². The predicted octanol–water partition coefficient (Wildman–Crippen LogP) is 2.52. The van der Waals surface area contributed by atoms with Crippen molar-refractivity contribution in [2.75, 3.05) is 6.54 Å². The van der Waals surface area contributed by atoms with E-state index >= 15 is 0 Å². The Hall–Kier alpha value is -3.15. The number of carbonyl (C=O) groups excluding carboxylic acids is 2. The monoisotopic (exact) mass is 322 g/mol. The Labute approximate surface area is 140 Å². The van der Waals surface area contributed by atoms with Gasteiger partial charge in [-0.25, -0.2) is 4.79 Å². The molecule has 0 radical (unpaired) electrons. The number of benzene rings is 2. The van der Waals surface area contributed by atoms with Gasteiger partial charge in [-0.2, -0.15) is 5.10 Å². The highest BCUT2D eigenvalue weighted by atomic mass is 16.2. The van der Waals surface area contributed by atoms with Gasteiger partial charge in [0, 0.05) is 5.56 Å². The summed E-state index contributed by atoms with van der Waals surface area (Å²) in [4.78, 5) is 23.7. The lowest BCUT2D eigenvalue weighted by atomic mass is 10.2. The largest absolute Gasteiger partial charge is 0.327 e. The first-order valence-electron chi connectivity index (χ1n) is 7.67. The Morgan fingerprint density at radius 2 is 1.62 bits per heavy atom. The van der Waals surface area contributed by atoms with E-state index in [0.29, 0.717) is 11.4 Å². The molecule has 1 saturated heterocycles. The van der Waals surface area contributed by atoms with Crippen LogP contribution >= 0.6 is 0 Å². The highest BCUT2D eigenvalue weighted by molar-refractivity contribution is 6.08. The second-order valence-electron chi connectivity index (χ2n) is 5.51. The zero-order chi connectivity index (χ0) is 16.9. The summed E-state index contributed by atoms with van der Waals surface area (Å²) in [5.74, 6) is -0.0124. The first kappa shape index (κ1) is 15.7. The molecule has 6 nitrogen and oxygen atoms in total. The Morgan fingerprint density at radius 1 is 1.00 bits per heavy atom. The molecule has 0 saturated carbocycles. The van der Waals surface area contributed by atoms with Gasteiger partial charge in [-0.1, -0.05) is 48.5 Å². The Morgan fingerprint density at radius 3 is 2.29 bits per heavy atom. The van der Waals surface area contributed by atoms with E-state index in [1.807, 2.05) is 35.3 Å². The molecule has 24 heavy (non-hydrogen) atoms. The molecule has 0 aliphatic carbocycles. The van der Waals surface area contributed by atoms with E-state index in [-0.39, 0.29) is 6.04 Å². The second-order valence-corrected chi connectivity index (χ2v) is 5.51. The maximum atomic E-state index is 11.9. The van der Waals surface area contributed by atoms with Gasteiger partial charge in [0.25, 0.3) is 5.91 Å². The van der Waals surface area contributed by atoms with E-state index < -0.39 is 11.9 Å². The summed E-state index contributed by atoms with van der Waals surface area (Å²) in [6.07, 6.45) is 0. The lowest BCUT2D eigenvalue weighted by Crippen LogP contribution is -2.41. The van der Waals surface area contributed by atoms with Crippen LogP contribution in [0.1, 0.15) is 28.9 Å². The summed E-state index contributed by atoms with van der Waals surface area (Å²) in [5.41, 5.74) is 1.62. The molecule has 1 atom stereocenters. The first-order valence-corrected chi connectivity index (χ1v) is 7.67. The number of hydrogen-bond acceptors (Lipinski definition) is 4. The van der Waals surface area contributed by atoms with E-state index in [0.717, 1.165) is 6.54 Å². The van der Waals surface area contributed by atoms with Crippen molar-refractivity contribution >= 4 is 17.8 Å². The van der Waals surface area contributed by atoms with Crippen LogP contribution in [-0.2, 0) is 0 Å². The van der Waals surface area contributed by atoms with E-state index in [4.69, 9.17) is 0 Å². The predicted molar refractivity (Wildman–Crippen MR) is 91.4 cm³/mol. The van der Waals surface area contributed by atoms with Gasteiger partial charge in [0.05, 0.1) is 12.6 Å². The fourth-order valence-electron chi connectivity index (χ4n) is 2.37. The number of hydrogen-bond donors (Lipinski definition) is 2. The molecule has 122 valence electrons. The number of nitrogens with one attached hydrogen (secondary N) is 2. The second kappa shape index (κ2) is 6.95. The third-order valence-electron chi connectivity index (χ3n) is 3.61. The number of imide groups is 1. The molecule has 3 rings (SSSR count). The van der Waals surface area contributed by atoms with Crippen molar-refractivity contribution in [3.05, 3.63) is 71.8 Å². The van der Waals surface area contributed by atoms with Gasteiger partial charge < -0.3 is 0 Å². The number of amides is 3. The molecule has 1 unspecified atom stereocenters. The molecule has 2 N–H and O–H groups in total. The molecule has 0 bridgehead atoms. The van der Waals surface area contributed by atoms with Gasteiger partial charge in [-0.3, -0.25) is 20.4 Å². The molecule has 0 spiro atoms. The van der Waals surface area contributed by atoms with Crippen molar-refractivity contribution in [2.24, 2.45) is 5.10 Å². The first-order chi connectivity index (χ1) is 11.6. The summed E-state index contributed by atoms with van der Waals surface area (Å²) in [7, 11) is 0. The van der Waals surface area contributed by atoms with Crippen LogP contribution in [0.15, 0.2) is 65.8 Å². The summed E-state index contributed by atoms with van der Waals surface area (Å²) in [5, 5.41) is 11.0. The SMILES string of the molecule is C/C(=N/N1CC1c1ccccc1)NC(=O)NC(=O)c1ccccc1. The quantitative estimate of drug-likeness (QED) is 0.518. The lowest BCUT2D eigenvalue weighted by Gasteiger charge is -2.07. The number of urea groups is 1. The lowest BCUT2D eigenvalue weighted by molar-refractivity contribution is 0.0965. The van der Waals surface area contributed by atoms with E-state index in [2.05, 4.69) is 15.7 Å². The third kappa shape index (κ3) is 3.98. The minimum absolute atomic E-state index is 0.247. The summed E-state index contributed by atoms with van der Waals surface area (Å²) < 4.78 is 0. The smallest absolute Gasteiger partial charge is 0.294 e. The van der Waals surface area contributed by atoms with Crippen molar-refractivity contribution in [1.29, 1.82) is 0 Å². The summed E-state index contributed by atoms with van der Waals surface area (Å²) in [6, 6.07) is 18.3. The van der Waals surface area contributed by atoms with Gasteiger partial charge in [0.15, 0.2) is 0 Å². The molecule has 2 aromatic rings. The van der Waals surface area contributed by atoms with Gasteiger partial charge in [-0.15, -0.1) is 0 Å². The van der Waals surface area contributed by atoms with Crippen LogP contribution in [0.25, 0.3) is 0 Å². The average Bonchev–Trinajstić information content (AvgIpc) is 3.35. The van der Waals surface area contributed by atoms with Crippen LogP contribution in [0.5, 0.6) is 0 Å². The topological polar surface area (TPSA) is 73.6 Å². The van der Waals surface area contributed by atoms with Gasteiger partial charge in [-0.05, 0) is 24.6 Å². The summed E-state index contributed by atoms with van der Waals surface area (Å²) in [6.45, 7) is 2.50. The number of hydrazone groups is 1. The number of nitrogens with zero attached hydrogens (tertiary/aromatic N) is 2. The molecule has 1 aliphatic heterocycles. The van der Waals surface area contributed by atoms with Crippen LogP contribution < -0.4 is 10.6 Å². The number of amidine groups is 1. The molecular weight excluding hydrogens is 304 g/mol. The molecule has 3 amide bonds. The standard InChI is InChI=1S/C18H18N4O2/c1-13(21-22-12-16(22)14-8-4-2-5-9-14)19-18(24)20-17(23)15-10-6-3-7-11-15/h2-11,16H,12H2,1H3,(H2,19,20,21,23,24). The fraction of sp³-hybridized carbons (Fsp3) is 0.167. The van der Waals surface area contributed by atoms with Crippen LogP contribution in [0.3, 0.4) is 0 Å². The number of rotatable bonds is 3. The Balaban J connectivity index is 1.51. The van der Waals surface area contributed by atoms with Crippen molar-refractivity contribution in [3.63, 3.8) is 0 Å². The van der Waals surface area contributed by atoms with Gasteiger partial charge >= 0.3 is 6.03 Å². The number of carbonyl (C=O) groups is 2. The molecule has 2 aromatic carbocycles. The van der Waals surface area contributed by atoms with Crippen molar-refractivity contribution in [3.8, 4) is 0 Å². The molecule has 1 heterocycles. The minimum atomic E-state index is -0.594. The molecule has 1 fully saturated rings. The third-order valence-corrected chi connectivity index (χ3v) is 3.61. The van der Waals surface area contributed by atoms with Crippen molar-refractivity contribution in [1.82, 2.24) is 15.6 Å². The maximum Gasteiger partial charge on any atom is 0.327 e. The highest BCUT2D eigenvalue weighted by Gasteiger charge is 2.34. The molecule has 0 aromatic heterocycles. The molecule has 6 heteroatoms. The van der Waals surface area contributed by atoms with Crippen LogP contribution in [0, 0.1) is 0 Å². The van der Waals surface area contributed by atoms with Gasteiger partial charge in [0.2, 0.25) is 0 Å². The Kier molecular flexibility index (Phi) is 4.56. The Bertz CT molecular complexity index is 759. The maximum absolute atomic E-state index is 11.9. The molecule has 1 aliphatic rings. The summed E-state index contributed by atoms with van der Waals surface area (Å²) >= 11 is 0. The zero-order valence-corrected chi connectivity index (χ0v) is 13.3. The average molecular weight is 322 g/mol. The van der Waals surface area contributed by atoms with Crippen molar-refractivity contribution < 1.29 is 9.59 Å². The van der Waals surface area contributed by atoms with Gasteiger partial charge in [0.1, 0.15) is 5.84 Å². The molecular formula is C18H18N4O2. The fourth-order valence-corrected chi connectivity index (χ4v) is 2.37. The van der Waals surface area contributed by atoms with E-state index in [1.165, 1.54) is 5.56 Å². The normalized spacial score (nSPS) is 16.5. The van der Waals surface area contributed by atoms with E-state index in [9.17, 15) is 9.59 Å². The van der Waals surface area contributed by atoms with Crippen LogP contribution in [0.2, 0.25) is 0 Å². The van der Waals surface area contributed by atoms with E-state index in [1.54, 1.807) is 37.3 Å². The minimum Gasteiger partial charge on any atom is -0.294 e. The zero-order valence-electron chi connectivity index (χ0n) is 13.3. The highest BCUT2D eigenvalue weighted by Crippen LogP contribution is 2.34.